The molecule has 0 aliphatic carbocycles. The summed E-state index contributed by atoms with van der Waals surface area (Å²) in [6.45, 7) is 6.10. The second kappa shape index (κ2) is 6.79. The number of H-pyrrole nitrogens is 1. The molecule has 2 aromatic carbocycles. The molecule has 1 N–H and O–H groups in total. The fourth-order valence-corrected chi connectivity index (χ4v) is 4.38. The number of hydrogen-bond acceptors (Lipinski definition) is 2. The largest absolute Gasteiger partial charge is 0.357 e. The SMILES string of the molecule is CC(=O)C1CN(C(=O)c2ccc(F)c(F)c2)CC(C)(C)c2c1[nH]c1ccccc21. The second-order valence-electron chi connectivity index (χ2n) is 8.32. The summed E-state index contributed by atoms with van der Waals surface area (Å²) in [6, 6.07) is 11.0. The van der Waals surface area contributed by atoms with E-state index in [2.05, 4.69) is 4.98 Å². The predicted molar refractivity (Wildman–Crippen MR) is 107 cm³/mol. The number of amides is 1. The van der Waals surface area contributed by atoms with E-state index in [1.807, 2.05) is 38.1 Å². The summed E-state index contributed by atoms with van der Waals surface area (Å²) in [6.07, 6.45) is 0. The van der Waals surface area contributed by atoms with Gasteiger partial charge in [-0.2, -0.15) is 0 Å². The van der Waals surface area contributed by atoms with Crippen molar-refractivity contribution in [2.75, 3.05) is 13.1 Å². The smallest absolute Gasteiger partial charge is 0.254 e. The lowest BCUT2D eigenvalue weighted by Gasteiger charge is -2.31. The first kappa shape index (κ1) is 19.3. The molecule has 3 aromatic rings. The van der Waals surface area contributed by atoms with E-state index in [9.17, 15) is 18.4 Å². The van der Waals surface area contributed by atoms with Gasteiger partial charge < -0.3 is 9.88 Å². The van der Waals surface area contributed by atoms with E-state index >= 15 is 0 Å². The Hall–Kier alpha value is -3.02. The van der Waals surface area contributed by atoms with Crippen molar-refractivity contribution in [3.63, 3.8) is 0 Å². The second-order valence-corrected chi connectivity index (χ2v) is 8.32. The van der Waals surface area contributed by atoms with Gasteiger partial charge in [0.05, 0.1) is 5.92 Å². The highest BCUT2D eigenvalue weighted by Gasteiger charge is 2.40. The first-order valence-electron chi connectivity index (χ1n) is 9.55. The Balaban J connectivity index is 1.82. The van der Waals surface area contributed by atoms with Gasteiger partial charge in [-0.25, -0.2) is 8.78 Å². The maximum absolute atomic E-state index is 13.7. The van der Waals surface area contributed by atoms with Crippen LogP contribution in [0.1, 0.15) is 48.3 Å². The van der Waals surface area contributed by atoms with Crippen LogP contribution in [-0.2, 0) is 10.2 Å². The molecule has 1 aromatic heterocycles. The third-order valence-corrected chi connectivity index (χ3v) is 5.69. The zero-order valence-corrected chi connectivity index (χ0v) is 16.6. The highest BCUT2D eigenvalue weighted by Crippen LogP contribution is 2.41. The molecule has 6 heteroatoms. The lowest BCUT2D eigenvalue weighted by atomic mass is 9.81. The number of rotatable bonds is 2. The summed E-state index contributed by atoms with van der Waals surface area (Å²) >= 11 is 0. The molecule has 0 spiro atoms. The molecule has 1 aliphatic rings. The summed E-state index contributed by atoms with van der Waals surface area (Å²) in [5.74, 6) is -3.06. The lowest BCUT2D eigenvalue weighted by molar-refractivity contribution is -0.118. The van der Waals surface area contributed by atoms with Crippen LogP contribution < -0.4 is 0 Å². The van der Waals surface area contributed by atoms with Crippen LogP contribution in [-0.4, -0.2) is 34.7 Å². The number of benzene rings is 2. The van der Waals surface area contributed by atoms with Gasteiger partial charge in [-0.1, -0.05) is 32.0 Å². The number of para-hydroxylation sites is 1. The van der Waals surface area contributed by atoms with Gasteiger partial charge in [0.1, 0.15) is 5.78 Å². The van der Waals surface area contributed by atoms with E-state index in [-0.39, 0.29) is 17.9 Å². The Labute approximate surface area is 167 Å². The van der Waals surface area contributed by atoms with E-state index in [4.69, 9.17) is 0 Å². The average molecular weight is 396 g/mol. The Bertz CT molecular complexity index is 1130. The van der Waals surface area contributed by atoms with Gasteiger partial charge in [0.15, 0.2) is 11.6 Å². The first-order valence-corrected chi connectivity index (χ1v) is 9.55. The van der Waals surface area contributed by atoms with Crippen LogP contribution in [0.25, 0.3) is 10.9 Å². The van der Waals surface area contributed by atoms with Crippen molar-refractivity contribution in [1.82, 2.24) is 9.88 Å². The van der Waals surface area contributed by atoms with Crippen molar-refractivity contribution >= 4 is 22.6 Å². The van der Waals surface area contributed by atoms with Crippen LogP contribution in [0.4, 0.5) is 8.78 Å². The number of nitrogens with one attached hydrogen (secondary N) is 1. The molecule has 150 valence electrons. The van der Waals surface area contributed by atoms with Crippen LogP contribution in [0.2, 0.25) is 0 Å². The molecule has 0 radical (unpaired) electrons. The van der Waals surface area contributed by atoms with Crippen LogP contribution in [0.3, 0.4) is 0 Å². The Kier molecular flexibility index (Phi) is 4.52. The monoisotopic (exact) mass is 396 g/mol. The molecule has 0 fully saturated rings. The zero-order chi connectivity index (χ0) is 20.9. The van der Waals surface area contributed by atoms with Crippen LogP contribution in [0.15, 0.2) is 42.5 Å². The molecule has 4 nitrogen and oxygen atoms in total. The van der Waals surface area contributed by atoms with Crippen LogP contribution in [0, 0.1) is 11.6 Å². The minimum atomic E-state index is -1.07. The molecular weight excluding hydrogens is 374 g/mol. The van der Waals surface area contributed by atoms with Crippen LogP contribution >= 0.6 is 0 Å². The van der Waals surface area contributed by atoms with Crippen molar-refractivity contribution in [1.29, 1.82) is 0 Å². The fourth-order valence-electron chi connectivity index (χ4n) is 4.38. The summed E-state index contributed by atoms with van der Waals surface area (Å²) in [5.41, 5.74) is 2.42. The number of Topliss-reactive ketones (excluding diaryl/α,β-unsaturated/α-hetero) is 1. The zero-order valence-electron chi connectivity index (χ0n) is 16.6. The Morgan fingerprint density at radius 2 is 1.83 bits per heavy atom. The van der Waals surface area contributed by atoms with E-state index in [0.717, 1.165) is 34.3 Å². The van der Waals surface area contributed by atoms with E-state index in [0.29, 0.717) is 6.54 Å². The minimum absolute atomic E-state index is 0.0569. The number of halogens is 2. The number of ketones is 1. The molecule has 1 unspecified atom stereocenters. The molecular formula is C23H22F2N2O2. The molecule has 0 bridgehead atoms. The minimum Gasteiger partial charge on any atom is -0.357 e. The topological polar surface area (TPSA) is 53.2 Å². The molecule has 0 saturated carbocycles. The highest BCUT2D eigenvalue weighted by molar-refractivity contribution is 5.96. The van der Waals surface area contributed by atoms with Gasteiger partial charge in [0.25, 0.3) is 5.91 Å². The summed E-state index contributed by atoms with van der Waals surface area (Å²) in [5, 5.41) is 1.03. The molecule has 1 amide bonds. The first-order chi connectivity index (χ1) is 13.7. The fraction of sp³-hybridized carbons (Fsp3) is 0.304. The lowest BCUT2D eigenvalue weighted by Crippen LogP contribution is -2.41. The molecule has 1 aliphatic heterocycles. The molecule has 1 atom stereocenters. The number of carbonyl (C=O) groups excluding carboxylic acids is 2. The number of aromatic amines is 1. The normalized spacial score (nSPS) is 18.4. The number of hydrogen-bond donors (Lipinski definition) is 1. The molecule has 29 heavy (non-hydrogen) atoms. The summed E-state index contributed by atoms with van der Waals surface area (Å²) < 4.78 is 27.0. The third kappa shape index (κ3) is 3.22. The van der Waals surface area contributed by atoms with Crippen LogP contribution in [0.5, 0.6) is 0 Å². The molecule has 2 heterocycles. The van der Waals surface area contributed by atoms with Crippen molar-refractivity contribution < 1.29 is 18.4 Å². The number of fused-ring (bicyclic) bond motifs is 3. The predicted octanol–water partition coefficient (Wildman–Crippen LogP) is 4.55. The standard InChI is InChI=1S/C23H22F2N2O2/c1-13(28)16-11-27(22(29)14-8-9-17(24)18(25)10-14)12-23(2,3)20-15-6-4-5-7-19(15)26-21(16)20/h4-10,16,26H,11-12H2,1-3H3. The van der Waals surface area contributed by atoms with Gasteiger partial charge in [-0.3, -0.25) is 9.59 Å². The number of nitrogens with zero attached hydrogens (tertiary/aromatic N) is 1. The highest BCUT2D eigenvalue weighted by atomic mass is 19.2. The van der Waals surface area contributed by atoms with E-state index in [1.165, 1.54) is 13.0 Å². The summed E-state index contributed by atoms with van der Waals surface area (Å²) in [4.78, 5) is 30.6. The Morgan fingerprint density at radius 3 is 2.52 bits per heavy atom. The van der Waals surface area contributed by atoms with Gasteiger partial charge in [-0.15, -0.1) is 0 Å². The van der Waals surface area contributed by atoms with Gasteiger partial charge in [-0.05, 0) is 36.8 Å². The maximum Gasteiger partial charge on any atom is 0.254 e. The molecule has 4 rings (SSSR count). The van der Waals surface area contributed by atoms with E-state index in [1.54, 1.807) is 4.90 Å². The third-order valence-electron chi connectivity index (χ3n) is 5.69. The van der Waals surface area contributed by atoms with Gasteiger partial charge >= 0.3 is 0 Å². The number of carbonyl (C=O) groups is 2. The van der Waals surface area contributed by atoms with Gasteiger partial charge in [0, 0.05) is 40.7 Å². The van der Waals surface area contributed by atoms with Gasteiger partial charge in [0.2, 0.25) is 0 Å². The average Bonchev–Trinajstić information content (AvgIpc) is 3.01. The van der Waals surface area contributed by atoms with E-state index < -0.39 is 28.9 Å². The Morgan fingerprint density at radius 1 is 1.10 bits per heavy atom. The summed E-state index contributed by atoms with van der Waals surface area (Å²) in [7, 11) is 0. The van der Waals surface area contributed by atoms with Crippen molar-refractivity contribution in [3.8, 4) is 0 Å². The maximum atomic E-state index is 13.7. The van der Waals surface area contributed by atoms with Crippen molar-refractivity contribution in [2.24, 2.45) is 0 Å². The van der Waals surface area contributed by atoms with Crippen molar-refractivity contribution in [3.05, 3.63) is 70.9 Å². The number of aromatic nitrogens is 1. The molecule has 0 saturated heterocycles. The van der Waals surface area contributed by atoms with Crippen molar-refractivity contribution in [2.45, 2.75) is 32.1 Å². The quantitative estimate of drug-likeness (QED) is 0.691.